The number of nitrogens with one attached hydrogen (secondary N) is 1. The molecule has 2 aromatic rings. The summed E-state index contributed by atoms with van der Waals surface area (Å²) in [7, 11) is 1.56. The van der Waals surface area contributed by atoms with Crippen LogP contribution in [-0.4, -0.2) is 60.9 Å². The zero-order valence-corrected chi connectivity index (χ0v) is 18.1. The molecule has 1 N–H and O–H groups in total. The number of nitrogens with zero attached hydrogens (tertiary/aromatic N) is 2. The molecule has 0 saturated carbocycles. The van der Waals surface area contributed by atoms with Crippen LogP contribution in [0.4, 0.5) is 5.69 Å². The third-order valence-corrected chi connectivity index (χ3v) is 5.49. The number of ether oxygens (including phenoxy) is 2. The zero-order valence-electron chi connectivity index (χ0n) is 18.1. The summed E-state index contributed by atoms with van der Waals surface area (Å²) in [4.78, 5) is 41.5. The van der Waals surface area contributed by atoms with Gasteiger partial charge >= 0.3 is 0 Å². The van der Waals surface area contributed by atoms with Crippen LogP contribution in [0.5, 0.6) is 5.75 Å². The number of amides is 3. The Balaban J connectivity index is 1.71. The van der Waals surface area contributed by atoms with E-state index in [1.165, 1.54) is 11.8 Å². The van der Waals surface area contributed by atoms with Gasteiger partial charge in [0.25, 0.3) is 11.8 Å². The van der Waals surface area contributed by atoms with Crippen LogP contribution in [0.25, 0.3) is 5.57 Å². The van der Waals surface area contributed by atoms with Gasteiger partial charge in [0, 0.05) is 31.3 Å². The minimum atomic E-state index is -0.352. The highest BCUT2D eigenvalue weighted by Crippen LogP contribution is 2.34. The fourth-order valence-corrected chi connectivity index (χ4v) is 3.97. The van der Waals surface area contributed by atoms with Gasteiger partial charge in [-0.2, -0.15) is 0 Å². The Hall–Kier alpha value is -3.65. The number of imide groups is 1. The third-order valence-electron chi connectivity index (χ3n) is 5.49. The molecule has 1 fully saturated rings. The van der Waals surface area contributed by atoms with Crippen LogP contribution >= 0.6 is 0 Å². The summed E-state index contributed by atoms with van der Waals surface area (Å²) in [5, 5.41) is 2.71. The molecule has 0 radical (unpaired) electrons. The van der Waals surface area contributed by atoms with Gasteiger partial charge in [-0.25, -0.2) is 0 Å². The van der Waals surface area contributed by atoms with E-state index in [1.807, 2.05) is 23.1 Å². The summed E-state index contributed by atoms with van der Waals surface area (Å²) in [6.45, 7) is 3.60. The van der Waals surface area contributed by atoms with Crippen molar-refractivity contribution in [1.82, 2.24) is 9.80 Å². The molecule has 32 heavy (non-hydrogen) atoms. The summed E-state index contributed by atoms with van der Waals surface area (Å²) in [6, 6.07) is 14.3. The van der Waals surface area contributed by atoms with Crippen molar-refractivity contribution in [3.63, 3.8) is 0 Å². The molecule has 3 amide bonds. The Kier molecular flexibility index (Phi) is 6.23. The molecule has 2 aliphatic heterocycles. The predicted octanol–water partition coefficient (Wildman–Crippen LogP) is 2.27. The van der Waals surface area contributed by atoms with E-state index >= 15 is 0 Å². The molecule has 0 aliphatic carbocycles. The molecule has 2 aromatic carbocycles. The lowest BCUT2D eigenvalue weighted by molar-refractivity contribution is -0.138. The van der Waals surface area contributed by atoms with Gasteiger partial charge in [-0.1, -0.05) is 30.3 Å². The van der Waals surface area contributed by atoms with Gasteiger partial charge in [-0.05, 0) is 23.8 Å². The number of methoxy groups -OCH3 is 1. The van der Waals surface area contributed by atoms with Crippen molar-refractivity contribution in [2.75, 3.05) is 38.7 Å². The number of benzene rings is 2. The van der Waals surface area contributed by atoms with Crippen molar-refractivity contribution in [2.45, 2.75) is 13.5 Å². The number of rotatable bonds is 6. The Morgan fingerprint density at radius 3 is 2.38 bits per heavy atom. The van der Waals surface area contributed by atoms with Crippen molar-refractivity contribution in [2.24, 2.45) is 0 Å². The van der Waals surface area contributed by atoms with Crippen molar-refractivity contribution in [3.05, 3.63) is 65.4 Å². The quantitative estimate of drug-likeness (QED) is 0.701. The van der Waals surface area contributed by atoms with Crippen LogP contribution < -0.4 is 10.1 Å². The van der Waals surface area contributed by atoms with Crippen LogP contribution in [0.1, 0.15) is 18.1 Å². The van der Waals surface area contributed by atoms with Crippen LogP contribution in [0, 0.1) is 0 Å². The van der Waals surface area contributed by atoms with E-state index in [1.54, 1.807) is 37.4 Å². The molecule has 0 spiro atoms. The van der Waals surface area contributed by atoms with E-state index < -0.39 is 0 Å². The predicted molar refractivity (Wildman–Crippen MR) is 119 cm³/mol. The normalized spacial score (nSPS) is 16.6. The molecule has 166 valence electrons. The van der Waals surface area contributed by atoms with Crippen molar-refractivity contribution in [1.29, 1.82) is 0 Å². The van der Waals surface area contributed by atoms with Crippen LogP contribution in [0.15, 0.2) is 54.2 Å². The molecule has 1 saturated heterocycles. The molecule has 2 heterocycles. The molecular formula is C24H25N3O5. The maximum absolute atomic E-state index is 13.5. The van der Waals surface area contributed by atoms with Crippen molar-refractivity contribution >= 4 is 29.0 Å². The highest BCUT2D eigenvalue weighted by atomic mass is 16.5. The van der Waals surface area contributed by atoms with Gasteiger partial charge < -0.3 is 19.7 Å². The van der Waals surface area contributed by atoms with E-state index in [9.17, 15) is 14.4 Å². The molecular weight excluding hydrogens is 410 g/mol. The van der Waals surface area contributed by atoms with Gasteiger partial charge in [-0.3, -0.25) is 19.3 Å². The largest absolute Gasteiger partial charge is 0.496 e. The number of morpholine rings is 1. The number of hydrogen-bond donors (Lipinski definition) is 1. The van der Waals surface area contributed by atoms with Gasteiger partial charge in [0.1, 0.15) is 11.4 Å². The van der Waals surface area contributed by atoms with Crippen molar-refractivity contribution < 1.29 is 23.9 Å². The van der Waals surface area contributed by atoms with E-state index in [0.29, 0.717) is 54.6 Å². The summed E-state index contributed by atoms with van der Waals surface area (Å²) in [6.07, 6.45) is 0. The molecule has 4 rings (SSSR count). The monoisotopic (exact) mass is 435 g/mol. The number of para-hydroxylation sites is 1. The van der Waals surface area contributed by atoms with Crippen LogP contribution in [-0.2, 0) is 25.7 Å². The number of anilines is 1. The first kappa shape index (κ1) is 21.6. The Morgan fingerprint density at radius 1 is 1.03 bits per heavy atom. The number of hydrogen-bond acceptors (Lipinski definition) is 6. The van der Waals surface area contributed by atoms with Gasteiger partial charge in [0.15, 0.2) is 0 Å². The van der Waals surface area contributed by atoms with Gasteiger partial charge in [-0.15, -0.1) is 0 Å². The molecule has 2 aliphatic rings. The lowest BCUT2D eigenvalue weighted by Crippen LogP contribution is -2.40. The number of carbonyl (C=O) groups excluding carboxylic acids is 3. The fraction of sp³-hybridized carbons (Fsp3) is 0.292. The van der Waals surface area contributed by atoms with Crippen LogP contribution in [0.3, 0.4) is 0 Å². The first-order chi connectivity index (χ1) is 15.5. The Morgan fingerprint density at radius 2 is 1.72 bits per heavy atom. The molecule has 0 aromatic heterocycles. The lowest BCUT2D eigenvalue weighted by Gasteiger charge is -2.29. The molecule has 0 bridgehead atoms. The highest BCUT2D eigenvalue weighted by Gasteiger charge is 2.42. The van der Waals surface area contributed by atoms with E-state index in [-0.39, 0.29) is 24.3 Å². The van der Waals surface area contributed by atoms with E-state index in [4.69, 9.17) is 9.47 Å². The minimum absolute atomic E-state index is 0.114. The topological polar surface area (TPSA) is 88.2 Å². The van der Waals surface area contributed by atoms with Gasteiger partial charge in [0.2, 0.25) is 5.91 Å². The maximum atomic E-state index is 13.5. The fourth-order valence-electron chi connectivity index (χ4n) is 3.97. The first-order valence-corrected chi connectivity index (χ1v) is 10.4. The average Bonchev–Trinajstić information content (AvgIpc) is 3.05. The lowest BCUT2D eigenvalue weighted by atomic mass is 10.0. The summed E-state index contributed by atoms with van der Waals surface area (Å²) in [5.41, 5.74) is 2.75. The Labute approximate surface area is 186 Å². The van der Waals surface area contributed by atoms with Gasteiger partial charge in [0.05, 0.1) is 32.4 Å². The SMILES string of the molecule is COc1ccccc1CN1C(=O)C(c2ccc(NC(C)=O)cc2)=C(N2CCOCC2)C1=O. The number of carbonyl (C=O) groups is 3. The van der Waals surface area contributed by atoms with Crippen LogP contribution in [0.2, 0.25) is 0 Å². The summed E-state index contributed by atoms with van der Waals surface area (Å²) in [5.74, 6) is -0.242. The Bertz CT molecular complexity index is 1070. The van der Waals surface area contributed by atoms with Crippen molar-refractivity contribution in [3.8, 4) is 5.75 Å². The molecule has 0 atom stereocenters. The second-order valence-electron chi connectivity index (χ2n) is 7.59. The average molecular weight is 435 g/mol. The minimum Gasteiger partial charge on any atom is -0.496 e. The highest BCUT2D eigenvalue weighted by molar-refractivity contribution is 6.35. The second kappa shape index (κ2) is 9.23. The standard InChI is InChI=1S/C24H25N3O5/c1-16(28)25-19-9-7-17(8-10-19)21-22(26-11-13-32-14-12-26)24(30)27(23(21)29)15-18-5-3-4-6-20(18)31-2/h3-10H,11-15H2,1-2H3,(H,25,28). The zero-order chi connectivity index (χ0) is 22.7. The first-order valence-electron chi connectivity index (χ1n) is 10.4. The maximum Gasteiger partial charge on any atom is 0.278 e. The summed E-state index contributed by atoms with van der Waals surface area (Å²) < 4.78 is 10.8. The van der Waals surface area contributed by atoms with E-state index in [2.05, 4.69) is 5.32 Å². The second-order valence-corrected chi connectivity index (χ2v) is 7.59. The summed E-state index contributed by atoms with van der Waals surface area (Å²) >= 11 is 0. The smallest absolute Gasteiger partial charge is 0.278 e. The molecule has 8 nitrogen and oxygen atoms in total. The van der Waals surface area contributed by atoms with E-state index in [0.717, 1.165) is 5.56 Å². The molecule has 0 unspecified atom stereocenters. The molecule has 8 heteroatoms. The third kappa shape index (κ3) is 4.22.